The summed E-state index contributed by atoms with van der Waals surface area (Å²) < 4.78 is 27.9. The summed E-state index contributed by atoms with van der Waals surface area (Å²) in [5, 5.41) is 5.95. The Labute approximate surface area is 159 Å². The molecule has 3 aromatic rings. The standard InChI is InChI=1S/C18H16N2O5S2/c1-27(23,24)13-6-4-12(5-7-13)11-19-18(22)15-8-9-16(26-15)20-17(21)14-3-2-10-25-14/h2-10H,11H2,1H3,(H,19,22)(H,20,21). The fraction of sp³-hybridized carbons (Fsp3) is 0.111. The van der Waals surface area contributed by atoms with E-state index < -0.39 is 9.84 Å². The number of amides is 2. The van der Waals surface area contributed by atoms with E-state index in [1.54, 1.807) is 36.4 Å². The van der Waals surface area contributed by atoms with Gasteiger partial charge in [0.2, 0.25) is 0 Å². The molecule has 2 aromatic heterocycles. The van der Waals surface area contributed by atoms with Crippen LogP contribution in [0.4, 0.5) is 5.00 Å². The number of sulfone groups is 1. The SMILES string of the molecule is CS(=O)(=O)c1ccc(CNC(=O)c2ccc(NC(=O)c3ccco3)s2)cc1. The Morgan fingerprint density at radius 1 is 1.04 bits per heavy atom. The monoisotopic (exact) mass is 404 g/mol. The van der Waals surface area contributed by atoms with Crippen LogP contribution in [0, 0.1) is 0 Å². The molecule has 0 aliphatic heterocycles. The summed E-state index contributed by atoms with van der Waals surface area (Å²) in [7, 11) is -3.24. The molecule has 0 saturated carbocycles. The second-order valence-corrected chi connectivity index (χ2v) is 8.79. The lowest BCUT2D eigenvalue weighted by molar-refractivity contribution is 0.0953. The summed E-state index contributed by atoms with van der Waals surface area (Å²) in [6.45, 7) is 0.259. The predicted molar refractivity (Wildman–Crippen MR) is 102 cm³/mol. The molecule has 140 valence electrons. The van der Waals surface area contributed by atoms with Crippen molar-refractivity contribution in [2.75, 3.05) is 11.6 Å². The Hall–Kier alpha value is -2.91. The van der Waals surface area contributed by atoms with E-state index in [2.05, 4.69) is 10.6 Å². The molecule has 9 heteroatoms. The first-order chi connectivity index (χ1) is 12.8. The lowest BCUT2D eigenvalue weighted by atomic mass is 10.2. The van der Waals surface area contributed by atoms with Gasteiger partial charge >= 0.3 is 0 Å². The minimum atomic E-state index is -3.24. The average Bonchev–Trinajstić information content (AvgIpc) is 3.31. The fourth-order valence-corrected chi connectivity index (χ4v) is 3.68. The van der Waals surface area contributed by atoms with E-state index in [0.29, 0.717) is 9.88 Å². The number of hydrogen-bond acceptors (Lipinski definition) is 6. The molecule has 0 unspecified atom stereocenters. The minimum Gasteiger partial charge on any atom is -0.459 e. The third kappa shape index (κ3) is 4.83. The van der Waals surface area contributed by atoms with Crippen LogP contribution < -0.4 is 10.6 Å². The highest BCUT2D eigenvalue weighted by molar-refractivity contribution is 7.90. The second kappa shape index (κ2) is 7.77. The van der Waals surface area contributed by atoms with Gasteiger partial charge in [0.05, 0.1) is 21.0 Å². The van der Waals surface area contributed by atoms with Crippen LogP contribution >= 0.6 is 11.3 Å². The van der Waals surface area contributed by atoms with Gasteiger partial charge in [-0.2, -0.15) is 0 Å². The van der Waals surface area contributed by atoms with E-state index in [9.17, 15) is 18.0 Å². The maximum absolute atomic E-state index is 12.2. The lowest BCUT2D eigenvalue weighted by Gasteiger charge is -2.05. The molecule has 0 aliphatic rings. The van der Waals surface area contributed by atoms with Crippen molar-refractivity contribution in [3.05, 3.63) is 71.0 Å². The van der Waals surface area contributed by atoms with Gasteiger partial charge in [0.25, 0.3) is 11.8 Å². The molecule has 0 radical (unpaired) electrons. The number of thiophene rings is 1. The third-order valence-corrected chi connectivity index (χ3v) is 5.74. The summed E-state index contributed by atoms with van der Waals surface area (Å²) in [6, 6.07) is 12.7. The molecule has 1 aromatic carbocycles. The summed E-state index contributed by atoms with van der Waals surface area (Å²) in [4.78, 5) is 24.8. The second-order valence-electron chi connectivity index (χ2n) is 5.69. The molecule has 0 bridgehead atoms. The largest absolute Gasteiger partial charge is 0.459 e. The molecule has 0 spiro atoms. The number of nitrogens with one attached hydrogen (secondary N) is 2. The quantitative estimate of drug-likeness (QED) is 0.657. The van der Waals surface area contributed by atoms with Crippen molar-refractivity contribution in [1.82, 2.24) is 5.32 Å². The number of benzene rings is 1. The highest BCUT2D eigenvalue weighted by Gasteiger charge is 2.13. The van der Waals surface area contributed by atoms with Crippen molar-refractivity contribution in [3.63, 3.8) is 0 Å². The Morgan fingerprint density at radius 2 is 1.78 bits per heavy atom. The van der Waals surface area contributed by atoms with E-state index in [1.165, 1.54) is 18.4 Å². The van der Waals surface area contributed by atoms with Crippen LogP contribution in [0.5, 0.6) is 0 Å². The molecule has 0 atom stereocenters. The molecule has 0 fully saturated rings. The fourth-order valence-electron chi connectivity index (χ4n) is 2.23. The topological polar surface area (TPSA) is 105 Å². The number of furan rings is 1. The van der Waals surface area contributed by atoms with Crippen LogP contribution in [0.2, 0.25) is 0 Å². The number of rotatable bonds is 6. The zero-order chi connectivity index (χ0) is 19.4. The molecule has 2 N–H and O–H groups in total. The van der Waals surface area contributed by atoms with Crippen LogP contribution in [0.3, 0.4) is 0 Å². The van der Waals surface area contributed by atoms with Gasteiger partial charge in [0, 0.05) is 12.8 Å². The number of carbonyl (C=O) groups excluding carboxylic acids is 2. The van der Waals surface area contributed by atoms with E-state index in [1.807, 2.05) is 0 Å². The Kier molecular flexibility index (Phi) is 5.43. The van der Waals surface area contributed by atoms with Crippen molar-refractivity contribution in [1.29, 1.82) is 0 Å². The summed E-state index contributed by atoms with van der Waals surface area (Å²) in [5.41, 5.74) is 0.777. The summed E-state index contributed by atoms with van der Waals surface area (Å²) >= 11 is 1.14. The van der Waals surface area contributed by atoms with Crippen molar-refractivity contribution in [2.24, 2.45) is 0 Å². The Morgan fingerprint density at radius 3 is 2.41 bits per heavy atom. The molecule has 3 rings (SSSR count). The molecule has 0 saturated heterocycles. The average molecular weight is 404 g/mol. The van der Waals surface area contributed by atoms with Gasteiger partial charge < -0.3 is 15.1 Å². The summed E-state index contributed by atoms with van der Waals surface area (Å²) in [6.07, 6.45) is 2.55. The first-order valence-corrected chi connectivity index (χ1v) is 10.6. The lowest BCUT2D eigenvalue weighted by Crippen LogP contribution is -2.21. The zero-order valence-corrected chi connectivity index (χ0v) is 15.9. The van der Waals surface area contributed by atoms with Gasteiger partial charge in [-0.1, -0.05) is 12.1 Å². The van der Waals surface area contributed by atoms with Gasteiger partial charge in [-0.05, 0) is 42.0 Å². The van der Waals surface area contributed by atoms with Crippen molar-refractivity contribution < 1.29 is 22.4 Å². The molecule has 27 heavy (non-hydrogen) atoms. The number of carbonyl (C=O) groups is 2. The van der Waals surface area contributed by atoms with Gasteiger partial charge in [-0.25, -0.2) is 8.42 Å². The maximum Gasteiger partial charge on any atom is 0.291 e. The molecule has 0 aliphatic carbocycles. The maximum atomic E-state index is 12.2. The van der Waals surface area contributed by atoms with E-state index in [-0.39, 0.29) is 29.0 Å². The Balaban J connectivity index is 1.57. The molecule has 7 nitrogen and oxygen atoms in total. The zero-order valence-electron chi connectivity index (χ0n) is 14.3. The van der Waals surface area contributed by atoms with E-state index in [0.717, 1.165) is 23.2 Å². The molecular weight excluding hydrogens is 388 g/mol. The van der Waals surface area contributed by atoms with E-state index in [4.69, 9.17) is 4.42 Å². The van der Waals surface area contributed by atoms with Gasteiger partial charge in [-0.15, -0.1) is 11.3 Å². The van der Waals surface area contributed by atoms with Gasteiger partial charge in [0.1, 0.15) is 0 Å². The first kappa shape index (κ1) is 18.9. The number of anilines is 1. The number of hydrogen-bond donors (Lipinski definition) is 2. The van der Waals surface area contributed by atoms with Crippen LogP contribution in [-0.2, 0) is 16.4 Å². The van der Waals surface area contributed by atoms with Gasteiger partial charge in [-0.3, -0.25) is 9.59 Å². The molecular formula is C18H16N2O5S2. The van der Waals surface area contributed by atoms with Crippen LogP contribution in [0.15, 0.2) is 64.1 Å². The summed E-state index contributed by atoms with van der Waals surface area (Å²) in [5.74, 6) is -0.489. The van der Waals surface area contributed by atoms with E-state index >= 15 is 0 Å². The normalized spacial score (nSPS) is 11.1. The van der Waals surface area contributed by atoms with Crippen molar-refractivity contribution in [2.45, 2.75) is 11.4 Å². The minimum absolute atomic E-state index is 0.187. The van der Waals surface area contributed by atoms with Crippen LogP contribution in [0.1, 0.15) is 25.8 Å². The highest BCUT2D eigenvalue weighted by Crippen LogP contribution is 2.22. The molecule has 2 amide bonds. The molecule has 2 heterocycles. The third-order valence-electron chi connectivity index (χ3n) is 3.62. The highest BCUT2D eigenvalue weighted by atomic mass is 32.2. The van der Waals surface area contributed by atoms with Crippen molar-refractivity contribution in [3.8, 4) is 0 Å². The smallest absolute Gasteiger partial charge is 0.291 e. The first-order valence-electron chi connectivity index (χ1n) is 7.85. The van der Waals surface area contributed by atoms with Crippen LogP contribution in [-0.4, -0.2) is 26.5 Å². The predicted octanol–water partition coefficient (Wildman–Crippen LogP) is 2.93. The van der Waals surface area contributed by atoms with Crippen molar-refractivity contribution >= 4 is 38.0 Å². The van der Waals surface area contributed by atoms with Gasteiger partial charge in [0.15, 0.2) is 15.6 Å². The van der Waals surface area contributed by atoms with Crippen LogP contribution in [0.25, 0.3) is 0 Å². The Bertz CT molecular complexity index is 1050.